The minimum absolute atomic E-state index is 0.0824. The SMILES string of the molecule is COc1cc(/C=N/NC(=O)c2cccc(S(=O)(=O)N3CCCCC3)c2)cc(OC)c1O. The number of aromatic hydroxyl groups is 1. The number of methoxy groups -OCH3 is 2. The van der Waals surface area contributed by atoms with Crippen LogP contribution in [0.5, 0.6) is 17.2 Å². The molecule has 9 nitrogen and oxygen atoms in total. The van der Waals surface area contributed by atoms with Crippen molar-refractivity contribution in [2.45, 2.75) is 24.2 Å². The number of piperidine rings is 1. The highest BCUT2D eigenvalue weighted by molar-refractivity contribution is 7.89. The Morgan fingerprint density at radius 3 is 2.35 bits per heavy atom. The lowest BCUT2D eigenvalue weighted by atomic mass is 10.2. The zero-order valence-corrected chi connectivity index (χ0v) is 18.2. The number of carbonyl (C=O) groups is 1. The molecule has 10 heteroatoms. The molecule has 0 spiro atoms. The van der Waals surface area contributed by atoms with Gasteiger partial charge in [-0.25, -0.2) is 13.8 Å². The molecule has 0 radical (unpaired) electrons. The van der Waals surface area contributed by atoms with Crippen LogP contribution in [0.15, 0.2) is 46.4 Å². The molecule has 1 saturated heterocycles. The van der Waals surface area contributed by atoms with Crippen molar-refractivity contribution in [1.82, 2.24) is 9.73 Å². The molecule has 1 aliphatic heterocycles. The number of phenolic OH excluding ortho intramolecular Hbond substituents is 1. The number of ether oxygens (including phenoxy) is 2. The van der Waals surface area contributed by atoms with Crippen molar-refractivity contribution in [3.8, 4) is 17.2 Å². The van der Waals surface area contributed by atoms with Crippen LogP contribution in [0.2, 0.25) is 0 Å². The highest BCUT2D eigenvalue weighted by atomic mass is 32.2. The molecule has 1 aliphatic rings. The normalized spacial score (nSPS) is 15.0. The fraction of sp³-hybridized carbons (Fsp3) is 0.333. The van der Waals surface area contributed by atoms with Gasteiger partial charge >= 0.3 is 0 Å². The number of hydrogen-bond acceptors (Lipinski definition) is 7. The van der Waals surface area contributed by atoms with E-state index in [1.54, 1.807) is 0 Å². The summed E-state index contributed by atoms with van der Waals surface area (Å²) in [5.41, 5.74) is 3.07. The first-order valence-electron chi connectivity index (χ1n) is 9.75. The van der Waals surface area contributed by atoms with Gasteiger partial charge in [-0.05, 0) is 43.2 Å². The molecule has 1 heterocycles. The first-order chi connectivity index (χ1) is 14.9. The number of phenols is 1. The Labute approximate surface area is 181 Å². The summed E-state index contributed by atoms with van der Waals surface area (Å²) < 4.78 is 37.3. The van der Waals surface area contributed by atoms with Gasteiger partial charge in [0.15, 0.2) is 11.5 Å². The van der Waals surface area contributed by atoms with Gasteiger partial charge in [0.25, 0.3) is 5.91 Å². The van der Waals surface area contributed by atoms with Crippen LogP contribution in [-0.2, 0) is 10.0 Å². The molecule has 2 aromatic rings. The lowest BCUT2D eigenvalue weighted by molar-refractivity contribution is 0.0955. The summed E-state index contributed by atoms with van der Waals surface area (Å²) in [6.07, 6.45) is 4.05. The summed E-state index contributed by atoms with van der Waals surface area (Å²) in [6.45, 7) is 0.977. The van der Waals surface area contributed by atoms with Gasteiger partial charge in [-0.1, -0.05) is 12.5 Å². The molecule has 3 rings (SSSR count). The average Bonchev–Trinajstić information content (AvgIpc) is 2.80. The minimum atomic E-state index is -3.64. The maximum absolute atomic E-state index is 12.8. The minimum Gasteiger partial charge on any atom is -0.502 e. The predicted octanol–water partition coefficient (Wildman–Crippen LogP) is 2.35. The molecule has 2 N–H and O–H groups in total. The Hall–Kier alpha value is -3.11. The summed E-state index contributed by atoms with van der Waals surface area (Å²) in [4.78, 5) is 12.6. The Balaban J connectivity index is 1.74. The van der Waals surface area contributed by atoms with Crippen LogP contribution in [0.25, 0.3) is 0 Å². The van der Waals surface area contributed by atoms with Gasteiger partial charge in [-0.3, -0.25) is 4.79 Å². The maximum Gasteiger partial charge on any atom is 0.271 e. The lowest BCUT2D eigenvalue weighted by Crippen LogP contribution is -2.35. The van der Waals surface area contributed by atoms with Crippen LogP contribution in [0.3, 0.4) is 0 Å². The highest BCUT2D eigenvalue weighted by Crippen LogP contribution is 2.36. The van der Waals surface area contributed by atoms with Crippen molar-refractivity contribution < 1.29 is 27.8 Å². The fourth-order valence-electron chi connectivity index (χ4n) is 3.27. The number of nitrogens with zero attached hydrogens (tertiary/aromatic N) is 2. The molecule has 0 aromatic heterocycles. The second-order valence-corrected chi connectivity index (χ2v) is 8.90. The molecular formula is C21H25N3O6S. The van der Waals surface area contributed by atoms with Gasteiger partial charge in [-0.2, -0.15) is 9.41 Å². The van der Waals surface area contributed by atoms with Gasteiger partial charge in [-0.15, -0.1) is 0 Å². The van der Waals surface area contributed by atoms with E-state index in [-0.39, 0.29) is 27.7 Å². The van der Waals surface area contributed by atoms with Crippen molar-refractivity contribution in [3.63, 3.8) is 0 Å². The van der Waals surface area contributed by atoms with E-state index < -0.39 is 15.9 Å². The maximum atomic E-state index is 12.8. The van der Waals surface area contributed by atoms with Crippen molar-refractivity contribution in [3.05, 3.63) is 47.5 Å². The summed E-state index contributed by atoms with van der Waals surface area (Å²) in [5.74, 6) is -0.298. The summed E-state index contributed by atoms with van der Waals surface area (Å²) >= 11 is 0. The van der Waals surface area contributed by atoms with E-state index >= 15 is 0 Å². The molecule has 166 valence electrons. The van der Waals surface area contributed by atoms with E-state index in [0.29, 0.717) is 18.7 Å². The molecule has 0 aliphatic carbocycles. The number of sulfonamides is 1. The molecular weight excluding hydrogens is 422 g/mol. The van der Waals surface area contributed by atoms with Gasteiger partial charge in [0.1, 0.15) is 0 Å². The number of amides is 1. The van der Waals surface area contributed by atoms with Crippen molar-refractivity contribution in [2.75, 3.05) is 27.3 Å². The third-order valence-corrected chi connectivity index (χ3v) is 6.83. The quantitative estimate of drug-likeness (QED) is 0.497. The first kappa shape index (κ1) is 22.6. The summed E-state index contributed by atoms with van der Waals surface area (Å²) in [6, 6.07) is 8.94. The van der Waals surface area contributed by atoms with E-state index in [4.69, 9.17) is 9.47 Å². The molecule has 1 amide bonds. The number of carbonyl (C=O) groups excluding carboxylic acids is 1. The molecule has 2 aromatic carbocycles. The Bertz CT molecular complexity index is 1050. The van der Waals surface area contributed by atoms with E-state index in [0.717, 1.165) is 19.3 Å². The molecule has 31 heavy (non-hydrogen) atoms. The van der Waals surface area contributed by atoms with E-state index in [1.807, 2.05) is 0 Å². The first-order valence-corrected chi connectivity index (χ1v) is 11.2. The van der Waals surface area contributed by atoms with Gasteiger partial charge in [0.2, 0.25) is 15.8 Å². The van der Waals surface area contributed by atoms with Gasteiger partial charge < -0.3 is 14.6 Å². The standard InChI is InChI=1S/C21H25N3O6S/c1-29-18-11-15(12-19(30-2)20(18)25)14-22-23-21(26)16-7-6-8-17(13-16)31(27,28)24-9-4-3-5-10-24/h6-8,11-14,25H,3-5,9-10H2,1-2H3,(H,23,26)/b22-14+. The number of hydrogen-bond donors (Lipinski definition) is 2. The average molecular weight is 448 g/mol. The number of benzene rings is 2. The fourth-order valence-corrected chi connectivity index (χ4v) is 4.83. The zero-order chi connectivity index (χ0) is 22.4. The Kier molecular flexibility index (Phi) is 7.13. The molecule has 0 saturated carbocycles. The number of hydrazone groups is 1. The van der Waals surface area contributed by atoms with Crippen molar-refractivity contribution >= 4 is 22.1 Å². The molecule has 0 atom stereocenters. The van der Waals surface area contributed by atoms with Crippen molar-refractivity contribution in [2.24, 2.45) is 5.10 Å². The lowest BCUT2D eigenvalue weighted by Gasteiger charge is -2.25. The Morgan fingerprint density at radius 1 is 1.10 bits per heavy atom. The molecule has 0 unspecified atom stereocenters. The smallest absolute Gasteiger partial charge is 0.271 e. The molecule has 1 fully saturated rings. The molecule has 0 bridgehead atoms. The largest absolute Gasteiger partial charge is 0.502 e. The van der Waals surface area contributed by atoms with Crippen LogP contribution in [0, 0.1) is 0 Å². The van der Waals surface area contributed by atoms with Gasteiger partial charge in [0.05, 0.1) is 25.3 Å². The van der Waals surface area contributed by atoms with Crippen LogP contribution in [0.4, 0.5) is 0 Å². The van der Waals surface area contributed by atoms with Crippen LogP contribution >= 0.6 is 0 Å². The third kappa shape index (κ3) is 5.15. The Morgan fingerprint density at radius 2 is 1.74 bits per heavy atom. The number of nitrogens with one attached hydrogen (secondary N) is 1. The monoisotopic (exact) mass is 447 g/mol. The number of rotatable bonds is 7. The van der Waals surface area contributed by atoms with Gasteiger partial charge in [0, 0.05) is 24.2 Å². The summed E-state index contributed by atoms with van der Waals surface area (Å²) in [7, 11) is -0.828. The van der Waals surface area contributed by atoms with E-state index in [1.165, 1.54) is 61.1 Å². The van der Waals surface area contributed by atoms with E-state index in [9.17, 15) is 18.3 Å². The third-order valence-electron chi connectivity index (χ3n) is 4.93. The second kappa shape index (κ2) is 9.80. The topological polar surface area (TPSA) is 118 Å². The van der Waals surface area contributed by atoms with Crippen LogP contribution < -0.4 is 14.9 Å². The summed E-state index contributed by atoms with van der Waals surface area (Å²) in [5, 5.41) is 13.8. The van der Waals surface area contributed by atoms with Crippen LogP contribution in [-0.4, -0.2) is 57.3 Å². The highest BCUT2D eigenvalue weighted by Gasteiger charge is 2.26. The van der Waals surface area contributed by atoms with Crippen molar-refractivity contribution in [1.29, 1.82) is 0 Å². The van der Waals surface area contributed by atoms with E-state index in [2.05, 4.69) is 10.5 Å². The zero-order valence-electron chi connectivity index (χ0n) is 17.4. The second-order valence-electron chi connectivity index (χ2n) is 6.97. The predicted molar refractivity (Wildman–Crippen MR) is 115 cm³/mol. The van der Waals surface area contributed by atoms with Crippen LogP contribution in [0.1, 0.15) is 35.2 Å².